The van der Waals surface area contributed by atoms with Crippen LogP contribution < -0.4 is 10.1 Å². The predicted octanol–water partition coefficient (Wildman–Crippen LogP) is 4.09. The number of nitrogens with one attached hydrogen (secondary N) is 1. The predicted molar refractivity (Wildman–Crippen MR) is 79.5 cm³/mol. The zero-order valence-corrected chi connectivity index (χ0v) is 12.1. The molecule has 0 saturated heterocycles. The number of ether oxygens (including phenoxy) is 1. The Hall–Kier alpha value is -1.48. The summed E-state index contributed by atoms with van der Waals surface area (Å²) in [5.74, 6) is 0.927. The fourth-order valence-corrected chi connectivity index (χ4v) is 2.30. The standard InChI is InChI=1S/C15H16BrNO/c1-17-14-6-3-11(4-7-14)9-12-10-13(16)5-8-15(12)18-2/h3-8,10,17H,9H2,1-2H3. The van der Waals surface area contributed by atoms with Gasteiger partial charge < -0.3 is 10.1 Å². The van der Waals surface area contributed by atoms with E-state index in [1.807, 2.05) is 19.2 Å². The Balaban J connectivity index is 2.24. The summed E-state index contributed by atoms with van der Waals surface area (Å²) in [5.41, 5.74) is 3.58. The van der Waals surface area contributed by atoms with Gasteiger partial charge in [-0.2, -0.15) is 0 Å². The lowest BCUT2D eigenvalue weighted by molar-refractivity contribution is 0.410. The summed E-state index contributed by atoms with van der Waals surface area (Å²) in [7, 11) is 3.63. The molecule has 0 fully saturated rings. The summed E-state index contributed by atoms with van der Waals surface area (Å²) in [6.07, 6.45) is 0.868. The van der Waals surface area contributed by atoms with Crippen molar-refractivity contribution in [2.75, 3.05) is 19.5 Å². The van der Waals surface area contributed by atoms with Crippen molar-refractivity contribution in [2.45, 2.75) is 6.42 Å². The highest BCUT2D eigenvalue weighted by Gasteiger charge is 2.05. The Morgan fingerprint density at radius 2 is 1.83 bits per heavy atom. The number of halogens is 1. The Kier molecular flexibility index (Phi) is 4.26. The molecule has 0 aliphatic rings. The van der Waals surface area contributed by atoms with E-state index < -0.39 is 0 Å². The van der Waals surface area contributed by atoms with Crippen molar-refractivity contribution in [3.63, 3.8) is 0 Å². The van der Waals surface area contributed by atoms with Crippen LogP contribution in [0.5, 0.6) is 5.75 Å². The van der Waals surface area contributed by atoms with Crippen molar-refractivity contribution in [1.29, 1.82) is 0 Å². The molecule has 18 heavy (non-hydrogen) atoms. The smallest absolute Gasteiger partial charge is 0.122 e. The quantitative estimate of drug-likeness (QED) is 0.918. The minimum atomic E-state index is 0.868. The topological polar surface area (TPSA) is 21.3 Å². The second kappa shape index (κ2) is 5.91. The molecule has 2 rings (SSSR count). The highest BCUT2D eigenvalue weighted by molar-refractivity contribution is 9.10. The maximum atomic E-state index is 5.38. The number of hydrogen-bond acceptors (Lipinski definition) is 2. The number of methoxy groups -OCH3 is 1. The SMILES string of the molecule is CNc1ccc(Cc2cc(Br)ccc2OC)cc1. The lowest BCUT2D eigenvalue weighted by atomic mass is 10.0. The van der Waals surface area contributed by atoms with Gasteiger partial charge in [-0.05, 0) is 41.5 Å². The van der Waals surface area contributed by atoms with E-state index in [0.717, 1.165) is 22.3 Å². The van der Waals surface area contributed by atoms with Crippen LogP contribution in [0.4, 0.5) is 5.69 Å². The van der Waals surface area contributed by atoms with Crippen LogP contribution in [0.1, 0.15) is 11.1 Å². The molecule has 0 bridgehead atoms. The number of benzene rings is 2. The molecule has 2 aromatic carbocycles. The Labute approximate surface area is 116 Å². The summed E-state index contributed by atoms with van der Waals surface area (Å²) in [6, 6.07) is 14.5. The van der Waals surface area contributed by atoms with Gasteiger partial charge in [-0.25, -0.2) is 0 Å². The maximum Gasteiger partial charge on any atom is 0.122 e. The van der Waals surface area contributed by atoms with E-state index in [1.54, 1.807) is 7.11 Å². The van der Waals surface area contributed by atoms with Crippen LogP contribution in [0.2, 0.25) is 0 Å². The monoisotopic (exact) mass is 305 g/mol. The summed E-state index contributed by atoms with van der Waals surface area (Å²) in [6.45, 7) is 0. The van der Waals surface area contributed by atoms with Crippen LogP contribution >= 0.6 is 15.9 Å². The zero-order chi connectivity index (χ0) is 13.0. The third-order valence-electron chi connectivity index (χ3n) is 2.88. The van der Waals surface area contributed by atoms with Crippen LogP contribution in [0.25, 0.3) is 0 Å². The molecule has 3 heteroatoms. The normalized spacial score (nSPS) is 10.2. The van der Waals surface area contributed by atoms with Crippen LogP contribution in [-0.4, -0.2) is 14.2 Å². The molecule has 0 aliphatic heterocycles. The molecule has 0 spiro atoms. The van der Waals surface area contributed by atoms with E-state index in [1.165, 1.54) is 11.1 Å². The molecule has 0 radical (unpaired) electrons. The molecule has 0 amide bonds. The molecule has 0 atom stereocenters. The van der Waals surface area contributed by atoms with E-state index >= 15 is 0 Å². The van der Waals surface area contributed by atoms with Gasteiger partial charge in [0.25, 0.3) is 0 Å². The zero-order valence-electron chi connectivity index (χ0n) is 10.5. The molecular weight excluding hydrogens is 290 g/mol. The Morgan fingerprint density at radius 3 is 2.44 bits per heavy atom. The largest absolute Gasteiger partial charge is 0.496 e. The molecule has 0 aromatic heterocycles. The Morgan fingerprint density at radius 1 is 1.11 bits per heavy atom. The first-order valence-corrected chi connectivity index (χ1v) is 6.61. The van der Waals surface area contributed by atoms with Crippen LogP contribution in [0.15, 0.2) is 46.9 Å². The van der Waals surface area contributed by atoms with Crippen molar-refractivity contribution < 1.29 is 4.74 Å². The second-order valence-electron chi connectivity index (χ2n) is 4.08. The van der Waals surface area contributed by atoms with Crippen molar-refractivity contribution >= 4 is 21.6 Å². The van der Waals surface area contributed by atoms with E-state index in [9.17, 15) is 0 Å². The third kappa shape index (κ3) is 3.05. The first-order chi connectivity index (χ1) is 8.72. The summed E-state index contributed by atoms with van der Waals surface area (Å²) >= 11 is 3.50. The molecular formula is C15H16BrNO. The van der Waals surface area contributed by atoms with Crippen molar-refractivity contribution in [3.8, 4) is 5.75 Å². The van der Waals surface area contributed by atoms with Crippen molar-refractivity contribution in [1.82, 2.24) is 0 Å². The van der Waals surface area contributed by atoms with Crippen molar-refractivity contribution in [3.05, 3.63) is 58.1 Å². The lowest BCUT2D eigenvalue weighted by Gasteiger charge is -2.09. The van der Waals surface area contributed by atoms with Crippen molar-refractivity contribution in [2.24, 2.45) is 0 Å². The summed E-state index contributed by atoms with van der Waals surface area (Å²) < 4.78 is 6.46. The average molecular weight is 306 g/mol. The lowest BCUT2D eigenvalue weighted by Crippen LogP contribution is -1.94. The molecule has 2 nitrogen and oxygen atoms in total. The fraction of sp³-hybridized carbons (Fsp3) is 0.200. The van der Waals surface area contributed by atoms with Gasteiger partial charge in [0.1, 0.15) is 5.75 Å². The highest BCUT2D eigenvalue weighted by Crippen LogP contribution is 2.25. The fourth-order valence-electron chi connectivity index (χ4n) is 1.89. The van der Waals surface area contributed by atoms with E-state index in [2.05, 4.69) is 51.6 Å². The number of rotatable bonds is 4. The van der Waals surface area contributed by atoms with Crippen LogP contribution in [0, 0.1) is 0 Å². The average Bonchev–Trinajstić information content (AvgIpc) is 2.40. The maximum absolute atomic E-state index is 5.38. The summed E-state index contributed by atoms with van der Waals surface area (Å²) in [4.78, 5) is 0. The van der Waals surface area contributed by atoms with E-state index in [4.69, 9.17) is 4.74 Å². The van der Waals surface area contributed by atoms with E-state index in [0.29, 0.717) is 0 Å². The van der Waals surface area contributed by atoms with Crippen LogP contribution in [0.3, 0.4) is 0 Å². The third-order valence-corrected chi connectivity index (χ3v) is 3.37. The van der Waals surface area contributed by atoms with Gasteiger partial charge in [0.15, 0.2) is 0 Å². The van der Waals surface area contributed by atoms with Gasteiger partial charge in [0.2, 0.25) is 0 Å². The molecule has 0 unspecified atom stereocenters. The minimum absolute atomic E-state index is 0.868. The summed E-state index contributed by atoms with van der Waals surface area (Å²) in [5, 5.41) is 3.12. The molecule has 0 heterocycles. The minimum Gasteiger partial charge on any atom is -0.496 e. The number of anilines is 1. The highest BCUT2D eigenvalue weighted by atomic mass is 79.9. The molecule has 94 valence electrons. The van der Waals surface area contributed by atoms with E-state index in [-0.39, 0.29) is 0 Å². The molecule has 1 N–H and O–H groups in total. The van der Waals surface area contributed by atoms with Gasteiger partial charge in [-0.1, -0.05) is 28.1 Å². The second-order valence-corrected chi connectivity index (χ2v) is 5.00. The first kappa shape index (κ1) is 13.0. The first-order valence-electron chi connectivity index (χ1n) is 5.82. The van der Waals surface area contributed by atoms with Crippen LogP contribution in [-0.2, 0) is 6.42 Å². The molecule has 0 saturated carbocycles. The van der Waals surface area contributed by atoms with Gasteiger partial charge in [-0.3, -0.25) is 0 Å². The molecule has 0 aliphatic carbocycles. The van der Waals surface area contributed by atoms with Gasteiger partial charge in [0, 0.05) is 23.6 Å². The number of hydrogen-bond donors (Lipinski definition) is 1. The molecule has 2 aromatic rings. The Bertz CT molecular complexity index is 523. The van der Waals surface area contributed by atoms with Gasteiger partial charge in [0.05, 0.1) is 7.11 Å². The van der Waals surface area contributed by atoms with Gasteiger partial charge >= 0.3 is 0 Å². The van der Waals surface area contributed by atoms with Gasteiger partial charge in [-0.15, -0.1) is 0 Å².